The third-order valence-corrected chi connectivity index (χ3v) is 7.03. The summed E-state index contributed by atoms with van der Waals surface area (Å²) in [6, 6.07) is 15.3. The SMILES string of the molecule is COCCN(Cc1ccc(SC(C)(C)C(=O)O)cc1)Cc1cnc(Oc2cccc(Cl)c2)s1.Cl. The number of thioether (sulfide) groups is 1. The molecule has 2 aromatic carbocycles. The molecule has 10 heteroatoms. The first kappa shape index (κ1) is 28.4. The Kier molecular flexibility index (Phi) is 11.1. The van der Waals surface area contributed by atoms with E-state index in [-0.39, 0.29) is 12.4 Å². The molecule has 0 aliphatic rings. The summed E-state index contributed by atoms with van der Waals surface area (Å²) in [6.07, 6.45) is 1.83. The number of carbonyl (C=O) groups is 1. The zero-order chi connectivity index (χ0) is 23.8. The summed E-state index contributed by atoms with van der Waals surface area (Å²) in [7, 11) is 1.69. The molecule has 0 aliphatic carbocycles. The highest BCUT2D eigenvalue weighted by Crippen LogP contribution is 2.33. The molecule has 0 radical (unpaired) electrons. The monoisotopic (exact) mass is 542 g/mol. The van der Waals surface area contributed by atoms with Crippen LogP contribution in [0.1, 0.15) is 24.3 Å². The Hall–Kier alpha value is -1.81. The van der Waals surface area contributed by atoms with E-state index in [0.717, 1.165) is 28.4 Å². The van der Waals surface area contributed by atoms with Crippen molar-refractivity contribution in [2.75, 3.05) is 20.3 Å². The van der Waals surface area contributed by atoms with Crippen LogP contribution in [0.3, 0.4) is 0 Å². The van der Waals surface area contributed by atoms with Crippen LogP contribution in [0.25, 0.3) is 0 Å². The zero-order valence-corrected chi connectivity index (χ0v) is 22.4. The van der Waals surface area contributed by atoms with E-state index in [4.69, 9.17) is 21.1 Å². The molecular formula is C24H28Cl2N2O4S2. The number of aromatic nitrogens is 1. The van der Waals surface area contributed by atoms with E-state index in [0.29, 0.717) is 29.1 Å². The second-order valence-electron chi connectivity index (χ2n) is 7.92. The maximum Gasteiger partial charge on any atom is 0.319 e. The third kappa shape index (κ3) is 8.76. The molecule has 3 aromatic rings. The Morgan fingerprint density at radius 3 is 2.59 bits per heavy atom. The number of hydrogen-bond donors (Lipinski definition) is 1. The Labute approximate surface area is 219 Å². The highest BCUT2D eigenvalue weighted by molar-refractivity contribution is 8.01. The largest absolute Gasteiger partial charge is 0.480 e. The van der Waals surface area contributed by atoms with Crippen molar-refractivity contribution in [1.82, 2.24) is 9.88 Å². The van der Waals surface area contributed by atoms with Gasteiger partial charge in [0.25, 0.3) is 5.19 Å². The smallest absolute Gasteiger partial charge is 0.319 e. The van der Waals surface area contributed by atoms with Gasteiger partial charge in [-0.25, -0.2) is 4.98 Å². The van der Waals surface area contributed by atoms with Crippen LogP contribution in [0.4, 0.5) is 0 Å². The van der Waals surface area contributed by atoms with Crippen LogP contribution in [0.2, 0.25) is 5.02 Å². The fraction of sp³-hybridized carbons (Fsp3) is 0.333. The van der Waals surface area contributed by atoms with Gasteiger partial charge in [0.15, 0.2) is 0 Å². The summed E-state index contributed by atoms with van der Waals surface area (Å²) < 4.78 is 10.2. The van der Waals surface area contributed by atoms with Crippen molar-refractivity contribution in [2.45, 2.75) is 36.6 Å². The molecule has 0 saturated carbocycles. The predicted molar refractivity (Wildman–Crippen MR) is 141 cm³/mol. The predicted octanol–water partition coefficient (Wildman–Crippen LogP) is 6.61. The van der Waals surface area contributed by atoms with Gasteiger partial charge in [0, 0.05) is 47.7 Å². The Morgan fingerprint density at radius 1 is 1.21 bits per heavy atom. The van der Waals surface area contributed by atoms with E-state index >= 15 is 0 Å². The topological polar surface area (TPSA) is 71.9 Å². The van der Waals surface area contributed by atoms with Gasteiger partial charge in [-0.15, -0.1) is 24.2 Å². The second-order valence-corrected chi connectivity index (χ2v) is 11.1. The van der Waals surface area contributed by atoms with E-state index in [1.54, 1.807) is 33.1 Å². The highest BCUT2D eigenvalue weighted by atomic mass is 35.5. The number of hydrogen-bond acceptors (Lipinski definition) is 7. The van der Waals surface area contributed by atoms with Gasteiger partial charge in [-0.3, -0.25) is 9.69 Å². The average Bonchev–Trinajstić information content (AvgIpc) is 3.19. The number of carboxylic acid groups (broad SMARTS) is 1. The zero-order valence-electron chi connectivity index (χ0n) is 19.2. The van der Waals surface area contributed by atoms with E-state index in [1.807, 2.05) is 42.6 Å². The molecule has 1 N–H and O–H groups in total. The molecule has 0 bridgehead atoms. The maximum absolute atomic E-state index is 11.4. The van der Waals surface area contributed by atoms with Gasteiger partial charge in [0.2, 0.25) is 0 Å². The first-order valence-electron chi connectivity index (χ1n) is 10.4. The van der Waals surface area contributed by atoms with Crippen LogP contribution in [0.5, 0.6) is 10.9 Å². The number of benzene rings is 2. The molecule has 0 amide bonds. The van der Waals surface area contributed by atoms with E-state index < -0.39 is 10.7 Å². The number of rotatable bonds is 12. The number of aliphatic carboxylic acids is 1. The first-order valence-corrected chi connectivity index (χ1v) is 12.4. The van der Waals surface area contributed by atoms with Crippen molar-refractivity contribution >= 4 is 53.1 Å². The number of carboxylic acids is 1. The molecule has 6 nitrogen and oxygen atoms in total. The lowest BCUT2D eigenvalue weighted by atomic mass is 10.2. The summed E-state index contributed by atoms with van der Waals surface area (Å²) in [5.41, 5.74) is 1.14. The molecular weight excluding hydrogens is 515 g/mol. The van der Waals surface area contributed by atoms with Gasteiger partial charge in [-0.1, -0.05) is 41.1 Å². The lowest BCUT2D eigenvalue weighted by Crippen LogP contribution is -2.27. The van der Waals surface area contributed by atoms with Crippen molar-refractivity contribution in [1.29, 1.82) is 0 Å². The van der Waals surface area contributed by atoms with Crippen LogP contribution in [-0.4, -0.2) is 46.0 Å². The minimum atomic E-state index is -0.872. The Bertz CT molecular complexity index is 1060. The fourth-order valence-electron chi connectivity index (χ4n) is 2.96. The second kappa shape index (κ2) is 13.3. The number of halogens is 2. The Balaban J connectivity index is 0.00000408. The van der Waals surface area contributed by atoms with Crippen molar-refractivity contribution in [2.24, 2.45) is 0 Å². The first-order chi connectivity index (χ1) is 15.7. The minimum absolute atomic E-state index is 0. The molecule has 0 unspecified atom stereocenters. The van der Waals surface area contributed by atoms with E-state index in [2.05, 4.69) is 9.88 Å². The molecule has 184 valence electrons. The summed E-state index contributed by atoms with van der Waals surface area (Å²) in [4.78, 5) is 20.1. The molecule has 0 aliphatic heterocycles. The molecule has 0 spiro atoms. The van der Waals surface area contributed by atoms with Crippen LogP contribution in [-0.2, 0) is 22.6 Å². The van der Waals surface area contributed by atoms with Crippen LogP contribution >= 0.6 is 47.1 Å². The molecule has 0 atom stereocenters. The molecule has 1 heterocycles. The van der Waals surface area contributed by atoms with Gasteiger partial charge in [-0.2, -0.15) is 0 Å². The number of nitrogens with zero attached hydrogens (tertiary/aromatic N) is 2. The molecule has 0 saturated heterocycles. The molecule has 1 aromatic heterocycles. The van der Waals surface area contributed by atoms with Gasteiger partial charge in [0.1, 0.15) is 10.5 Å². The lowest BCUT2D eigenvalue weighted by Gasteiger charge is -2.22. The third-order valence-electron chi connectivity index (χ3n) is 4.74. The van der Waals surface area contributed by atoms with Crippen molar-refractivity contribution in [3.05, 3.63) is 70.2 Å². The number of ether oxygens (including phenoxy) is 2. The van der Waals surface area contributed by atoms with Gasteiger partial charge in [-0.05, 0) is 49.7 Å². The van der Waals surface area contributed by atoms with Crippen LogP contribution in [0.15, 0.2) is 59.6 Å². The summed E-state index contributed by atoms with van der Waals surface area (Å²) in [6.45, 7) is 6.24. The average molecular weight is 544 g/mol. The summed E-state index contributed by atoms with van der Waals surface area (Å²) in [5, 5.41) is 10.5. The van der Waals surface area contributed by atoms with Crippen molar-refractivity contribution in [3.8, 4) is 10.9 Å². The normalized spacial score (nSPS) is 11.3. The summed E-state index contributed by atoms with van der Waals surface area (Å²) >= 11 is 8.86. The van der Waals surface area contributed by atoms with Crippen molar-refractivity contribution < 1.29 is 19.4 Å². The van der Waals surface area contributed by atoms with Gasteiger partial charge in [0.05, 0.1) is 6.61 Å². The minimum Gasteiger partial charge on any atom is -0.480 e. The molecule has 3 rings (SSSR count). The number of thiazole rings is 1. The highest BCUT2D eigenvalue weighted by Gasteiger charge is 2.28. The van der Waals surface area contributed by atoms with Crippen molar-refractivity contribution in [3.63, 3.8) is 0 Å². The molecule has 0 fully saturated rings. The Morgan fingerprint density at radius 2 is 1.94 bits per heavy atom. The lowest BCUT2D eigenvalue weighted by molar-refractivity contribution is -0.138. The fourth-order valence-corrected chi connectivity index (χ4v) is 4.90. The standard InChI is InChI=1S/C24H27ClN2O4S2.ClH/c1-24(2,22(28)29)33-20-9-7-17(8-10-20)15-27(11-12-30-3)16-21-14-26-23(32-21)31-19-6-4-5-18(25)13-19;/h4-10,13-14H,11-12,15-16H2,1-3H3,(H,28,29);1H. The van der Waals surface area contributed by atoms with Gasteiger partial charge < -0.3 is 14.6 Å². The summed E-state index contributed by atoms with van der Waals surface area (Å²) in [5.74, 6) is -0.172. The van der Waals surface area contributed by atoms with Crippen LogP contribution < -0.4 is 4.74 Å². The van der Waals surface area contributed by atoms with Crippen LogP contribution in [0, 0.1) is 0 Å². The van der Waals surface area contributed by atoms with E-state index in [1.165, 1.54) is 23.1 Å². The molecule has 34 heavy (non-hydrogen) atoms. The van der Waals surface area contributed by atoms with Gasteiger partial charge >= 0.3 is 5.97 Å². The van der Waals surface area contributed by atoms with E-state index in [9.17, 15) is 9.90 Å². The maximum atomic E-state index is 11.4. The number of methoxy groups -OCH3 is 1. The quantitative estimate of drug-likeness (QED) is 0.258.